The van der Waals surface area contributed by atoms with Crippen LogP contribution in [0.5, 0.6) is 0 Å². The van der Waals surface area contributed by atoms with Gasteiger partial charge in [-0.25, -0.2) is 4.79 Å². The van der Waals surface area contributed by atoms with E-state index in [2.05, 4.69) is 22.3 Å². The van der Waals surface area contributed by atoms with Crippen molar-refractivity contribution in [2.24, 2.45) is 10.9 Å². The van der Waals surface area contributed by atoms with E-state index < -0.39 is 0 Å². The number of methoxy groups -OCH3 is 1. The first-order valence-corrected chi connectivity index (χ1v) is 10.1. The molecule has 2 aliphatic rings. The van der Waals surface area contributed by atoms with E-state index in [9.17, 15) is 4.79 Å². The first-order chi connectivity index (χ1) is 14.2. The lowest BCUT2D eigenvalue weighted by Crippen LogP contribution is -2.48. The van der Waals surface area contributed by atoms with E-state index in [0.29, 0.717) is 18.0 Å². The monoisotopic (exact) mass is 389 g/mol. The van der Waals surface area contributed by atoms with Crippen LogP contribution >= 0.6 is 0 Å². The fraction of sp³-hybridized carbons (Fsp3) is 0.333. The van der Waals surface area contributed by atoms with Crippen LogP contribution in [0.25, 0.3) is 0 Å². The molecule has 2 aromatic rings. The smallest absolute Gasteiger partial charge is 0.337 e. The molecule has 0 unspecified atom stereocenters. The highest BCUT2D eigenvalue weighted by Gasteiger charge is 2.35. The molecule has 29 heavy (non-hydrogen) atoms. The van der Waals surface area contributed by atoms with E-state index in [1.54, 1.807) is 0 Å². The topological polar surface area (TPSA) is 53.9 Å². The van der Waals surface area contributed by atoms with Gasteiger partial charge < -0.3 is 15.0 Å². The van der Waals surface area contributed by atoms with Crippen LogP contribution in [0.4, 0.5) is 0 Å². The third kappa shape index (κ3) is 4.34. The van der Waals surface area contributed by atoms with Gasteiger partial charge in [0.05, 0.1) is 25.3 Å². The molecule has 0 amide bonds. The number of guanidine groups is 1. The van der Waals surface area contributed by atoms with Crippen LogP contribution < -0.4 is 5.32 Å². The van der Waals surface area contributed by atoms with Crippen molar-refractivity contribution >= 4 is 11.9 Å². The van der Waals surface area contributed by atoms with Gasteiger partial charge in [0.1, 0.15) is 0 Å². The van der Waals surface area contributed by atoms with Crippen molar-refractivity contribution in [1.29, 1.82) is 0 Å². The maximum absolute atomic E-state index is 12.8. The van der Waals surface area contributed by atoms with Gasteiger partial charge >= 0.3 is 5.97 Å². The number of hydrogen-bond acceptors (Lipinski definition) is 3. The van der Waals surface area contributed by atoms with Crippen molar-refractivity contribution in [3.8, 4) is 0 Å². The molecule has 0 saturated heterocycles. The van der Waals surface area contributed by atoms with E-state index >= 15 is 0 Å². The van der Waals surface area contributed by atoms with Gasteiger partial charge in [0.25, 0.3) is 0 Å². The maximum atomic E-state index is 12.8. The van der Waals surface area contributed by atoms with Crippen molar-refractivity contribution in [1.82, 2.24) is 10.2 Å². The quantitative estimate of drug-likeness (QED) is 0.758. The van der Waals surface area contributed by atoms with E-state index in [0.717, 1.165) is 29.3 Å². The fourth-order valence-electron chi connectivity index (χ4n) is 3.67. The third-order valence-electron chi connectivity index (χ3n) is 5.53. The van der Waals surface area contributed by atoms with Gasteiger partial charge in [0.2, 0.25) is 0 Å². The van der Waals surface area contributed by atoms with Gasteiger partial charge in [-0.1, -0.05) is 60.7 Å². The molecule has 0 radical (unpaired) electrons. The Kier molecular flexibility index (Phi) is 5.65. The van der Waals surface area contributed by atoms with Gasteiger partial charge in [-0.3, -0.25) is 4.99 Å². The van der Waals surface area contributed by atoms with E-state index in [1.807, 2.05) is 55.5 Å². The number of allylic oxidation sites excluding steroid dienone is 1. The van der Waals surface area contributed by atoms with Gasteiger partial charge in [-0.15, -0.1) is 0 Å². The number of benzene rings is 2. The van der Waals surface area contributed by atoms with Crippen molar-refractivity contribution in [3.05, 3.63) is 83.1 Å². The standard InChI is InChI=1S/C24H27N3O2/c1-17-21(23(28)29-2)22(20-11-7-4-8-12-20)26-24(25-15-18-13-14-18)27(17)16-19-9-5-3-6-10-19/h3-12,18,22H,13-16H2,1-2H3,(H,25,26)/t22-/m0/s1. The van der Waals surface area contributed by atoms with Crippen LogP contribution in [0.2, 0.25) is 0 Å². The molecule has 1 aliphatic heterocycles. The van der Waals surface area contributed by atoms with Gasteiger partial charge in [-0.05, 0) is 36.8 Å². The zero-order chi connectivity index (χ0) is 20.2. The molecule has 5 nitrogen and oxygen atoms in total. The normalized spacial score (nSPS) is 20.6. The number of aliphatic imine (C=N–C) groups is 1. The number of nitrogens with zero attached hydrogens (tertiary/aromatic N) is 2. The predicted molar refractivity (Wildman–Crippen MR) is 114 cm³/mol. The third-order valence-corrected chi connectivity index (χ3v) is 5.53. The Bertz CT molecular complexity index is 918. The number of esters is 1. The SMILES string of the molecule is COC(=O)C1=C(C)N(Cc2ccccc2)C(=NCC2CC2)N[C@H]1c1ccccc1. The summed E-state index contributed by atoms with van der Waals surface area (Å²) in [5, 5.41) is 3.54. The van der Waals surface area contributed by atoms with E-state index in [-0.39, 0.29) is 12.0 Å². The van der Waals surface area contributed by atoms with Crippen LogP contribution in [-0.2, 0) is 16.1 Å². The zero-order valence-electron chi connectivity index (χ0n) is 17.0. The lowest BCUT2D eigenvalue weighted by molar-refractivity contribution is -0.136. The largest absolute Gasteiger partial charge is 0.466 e. The molecule has 4 rings (SSSR count). The molecule has 1 heterocycles. The molecule has 1 N–H and O–H groups in total. The van der Waals surface area contributed by atoms with Gasteiger partial charge in [-0.2, -0.15) is 0 Å². The molecular weight excluding hydrogens is 362 g/mol. The Morgan fingerprint density at radius 3 is 2.38 bits per heavy atom. The second kappa shape index (κ2) is 8.52. The summed E-state index contributed by atoms with van der Waals surface area (Å²) in [6.07, 6.45) is 2.50. The molecule has 1 aliphatic carbocycles. The first-order valence-electron chi connectivity index (χ1n) is 10.1. The summed E-state index contributed by atoms with van der Waals surface area (Å²) in [5.74, 6) is 1.19. The number of carbonyl (C=O) groups excluding carboxylic acids is 1. The Morgan fingerprint density at radius 1 is 1.10 bits per heavy atom. The summed E-state index contributed by atoms with van der Waals surface area (Å²) < 4.78 is 5.15. The molecule has 2 aromatic carbocycles. The molecular formula is C24H27N3O2. The number of rotatable bonds is 6. The zero-order valence-corrected chi connectivity index (χ0v) is 17.0. The molecule has 0 spiro atoms. The average Bonchev–Trinajstić information content (AvgIpc) is 3.59. The van der Waals surface area contributed by atoms with Crippen LogP contribution in [0.15, 0.2) is 76.9 Å². The predicted octanol–water partition coefficient (Wildman–Crippen LogP) is 4.05. The minimum atomic E-state index is -0.317. The molecule has 1 saturated carbocycles. The second-order valence-electron chi connectivity index (χ2n) is 7.66. The number of carbonyl (C=O) groups is 1. The van der Waals surface area contributed by atoms with Crippen molar-refractivity contribution in [2.45, 2.75) is 32.4 Å². The summed E-state index contributed by atoms with van der Waals surface area (Å²) in [4.78, 5) is 19.8. The number of hydrogen-bond donors (Lipinski definition) is 1. The highest BCUT2D eigenvalue weighted by Crippen LogP contribution is 2.33. The van der Waals surface area contributed by atoms with Gasteiger partial charge in [0.15, 0.2) is 5.96 Å². The summed E-state index contributed by atoms with van der Waals surface area (Å²) in [5.41, 5.74) is 3.68. The Labute approximate surface area is 172 Å². The lowest BCUT2D eigenvalue weighted by Gasteiger charge is -2.38. The molecule has 1 fully saturated rings. The highest BCUT2D eigenvalue weighted by molar-refractivity contribution is 5.96. The van der Waals surface area contributed by atoms with Crippen molar-refractivity contribution < 1.29 is 9.53 Å². The van der Waals surface area contributed by atoms with E-state index in [1.165, 1.54) is 20.0 Å². The molecule has 0 aromatic heterocycles. The Balaban J connectivity index is 1.76. The van der Waals surface area contributed by atoms with Crippen LogP contribution in [0, 0.1) is 5.92 Å². The number of nitrogens with one attached hydrogen (secondary N) is 1. The minimum absolute atomic E-state index is 0.284. The molecule has 0 bridgehead atoms. The van der Waals surface area contributed by atoms with Crippen molar-refractivity contribution in [3.63, 3.8) is 0 Å². The van der Waals surface area contributed by atoms with Crippen molar-refractivity contribution in [2.75, 3.05) is 13.7 Å². The summed E-state index contributed by atoms with van der Waals surface area (Å²) in [6, 6.07) is 20.0. The van der Waals surface area contributed by atoms with E-state index in [4.69, 9.17) is 9.73 Å². The fourth-order valence-corrected chi connectivity index (χ4v) is 3.67. The highest BCUT2D eigenvalue weighted by atomic mass is 16.5. The summed E-state index contributed by atoms with van der Waals surface area (Å²) in [7, 11) is 1.43. The second-order valence-corrected chi connectivity index (χ2v) is 7.66. The number of ether oxygens (including phenoxy) is 1. The lowest BCUT2D eigenvalue weighted by atomic mass is 9.94. The average molecular weight is 389 g/mol. The Morgan fingerprint density at radius 2 is 1.76 bits per heavy atom. The Hall–Kier alpha value is -3.08. The summed E-state index contributed by atoms with van der Waals surface area (Å²) >= 11 is 0. The molecule has 5 heteroatoms. The van der Waals surface area contributed by atoms with Crippen LogP contribution in [-0.4, -0.2) is 30.5 Å². The molecule has 1 atom stereocenters. The molecule has 150 valence electrons. The minimum Gasteiger partial charge on any atom is -0.466 e. The van der Waals surface area contributed by atoms with Crippen LogP contribution in [0.1, 0.15) is 36.9 Å². The maximum Gasteiger partial charge on any atom is 0.337 e. The first kappa shape index (κ1) is 19.2. The van der Waals surface area contributed by atoms with Gasteiger partial charge in [0, 0.05) is 12.2 Å². The summed E-state index contributed by atoms with van der Waals surface area (Å²) in [6.45, 7) is 3.44. The van der Waals surface area contributed by atoms with Crippen LogP contribution in [0.3, 0.4) is 0 Å².